The van der Waals surface area contributed by atoms with Crippen LogP contribution in [0.15, 0.2) is 29.3 Å². The first-order valence-electron chi connectivity index (χ1n) is 3.95. The van der Waals surface area contributed by atoms with Crippen molar-refractivity contribution >= 4 is 33.8 Å². The number of amides is 1. The fraction of sp³-hybridized carbons (Fsp3) is 0.200. The van der Waals surface area contributed by atoms with Gasteiger partial charge < -0.3 is 4.79 Å². The van der Waals surface area contributed by atoms with Crippen molar-refractivity contribution in [3.05, 3.63) is 35.9 Å². The fourth-order valence-electron chi connectivity index (χ4n) is 0.844. The molecule has 0 saturated carbocycles. The summed E-state index contributed by atoms with van der Waals surface area (Å²) in [5.41, 5.74) is 0.508. The van der Waals surface area contributed by atoms with Gasteiger partial charge in [-0.2, -0.15) is 0 Å². The molecule has 80 valence electrons. The van der Waals surface area contributed by atoms with Crippen LogP contribution in [0, 0.1) is 6.07 Å². The van der Waals surface area contributed by atoms with Crippen molar-refractivity contribution in [2.45, 2.75) is 0 Å². The predicted molar refractivity (Wildman–Crippen MR) is 64.1 cm³/mol. The smallest absolute Gasteiger partial charge is 0.191 e. The van der Waals surface area contributed by atoms with Gasteiger partial charge in [0.15, 0.2) is 5.91 Å². The van der Waals surface area contributed by atoms with Gasteiger partial charge in [0.2, 0.25) is 0 Å². The molecule has 15 heavy (non-hydrogen) atoms. The number of hydrogen-bond acceptors (Lipinski definition) is 3. The number of hydrogen-bond donors (Lipinski definition) is 0. The van der Waals surface area contributed by atoms with Gasteiger partial charge in [-0.15, -0.1) is 53.9 Å². The molecule has 0 atom stereocenters. The minimum Gasteiger partial charge on any atom is -0.325 e. The fourth-order valence-corrected chi connectivity index (χ4v) is 1.86. The zero-order valence-electron chi connectivity index (χ0n) is 8.39. The molecule has 0 fully saturated rings. The van der Waals surface area contributed by atoms with Crippen molar-refractivity contribution < 1.29 is 25.9 Å². The average Bonchev–Trinajstić information content (AvgIpc) is 2.26. The number of rotatable bonds is 1. The third kappa shape index (κ3) is 5.00. The van der Waals surface area contributed by atoms with Crippen LogP contribution in [-0.2, 0) is 21.1 Å². The third-order valence-corrected chi connectivity index (χ3v) is 3.36. The van der Waals surface area contributed by atoms with E-state index in [1.807, 2.05) is 18.6 Å². The Morgan fingerprint density at radius 1 is 1.33 bits per heavy atom. The second kappa shape index (κ2) is 8.14. The van der Waals surface area contributed by atoms with E-state index in [0.29, 0.717) is 5.56 Å². The predicted octanol–water partition coefficient (Wildman–Crippen LogP) is 2.71. The normalized spacial score (nSPS) is 8.93. The minimum atomic E-state index is -0.232. The monoisotopic (exact) mass is 408 g/mol. The molecule has 0 aromatic heterocycles. The summed E-state index contributed by atoms with van der Waals surface area (Å²) in [6.45, 7) is 0. The molecule has 0 unspecified atom stereocenters. The summed E-state index contributed by atoms with van der Waals surface area (Å²) in [7, 11) is 0. The Morgan fingerprint density at radius 2 is 2.00 bits per heavy atom. The zero-order chi connectivity index (χ0) is 10.4. The molecule has 1 aromatic rings. The van der Waals surface area contributed by atoms with Gasteiger partial charge in [-0.1, -0.05) is 5.56 Å². The van der Waals surface area contributed by atoms with E-state index < -0.39 is 0 Å². The van der Waals surface area contributed by atoms with Gasteiger partial charge in [0, 0.05) is 21.1 Å². The molecule has 0 spiro atoms. The van der Waals surface area contributed by atoms with E-state index in [-0.39, 0.29) is 27.0 Å². The van der Waals surface area contributed by atoms with E-state index in [0.717, 1.165) is 4.38 Å². The van der Waals surface area contributed by atoms with Crippen LogP contribution in [0.5, 0.6) is 0 Å². The first-order chi connectivity index (χ1) is 6.77. The summed E-state index contributed by atoms with van der Waals surface area (Å²) in [5, 5.41) is 0. The van der Waals surface area contributed by atoms with Gasteiger partial charge in [0.1, 0.15) is 4.38 Å². The van der Waals surface area contributed by atoms with Crippen LogP contribution in [-0.4, -0.2) is 22.8 Å². The van der Waals surface area contributed by atoms with E-state index in [1.54, 1.807) is 18.2 Å². The maximum Gasteiger partial charge on any atom is 0.191 e. The maximum atomic E-state index is 11.5. The average molecular weight is 408 g/mol. The van der Waals surface area contributed by atoms with Crippen LogP contribution in [0.3, 0.4) is 0 Å². The Labute approximate surface area is 113 Å². The number of carbonyl (C=O) groups is 1. The van der Waals surface area contributed by atoms with Crippen molar-refractivity contribution in [2.75, 3.05) is 12.5 Å². The molecular weight excluding hydrogens is 398 g/mol. The van der Waals surface area contributed by atoms with Gasteiger partial charge in [0.05, 0.1) is 0 Å². The number of thioether (sulfide) groups is 2. The Bertz CT molecular complexity index is 335. The quantitative estimate of drug-likeness (QED) is 0.407. The van der Waals surface area contributed by atoms with Crippen molar-refractivity contribution in [1.29, 1.82) is 0 Å². The molecule has 1 amide bonds. The van der Waals surface area contributed by atoms with E-state index in [9.17, 15) is 4.79 Å². The Morgan fingerprint density at radius 3 is 2.47 bits per heavy atom. The summed E-state index contributed by atoms with van der Waals surface area (Å²) >= 11 is 2.94. The van der Waals surface area contributed by atoms with Gasteiger partial charge in [-0.25, -0.2) is 4.99 Å². The summed E-state index contributed by atoms with van der Waals surface area (Å²) in [5.74, 6) is -0.232. The zero-order valence-corrected chi connectivity index (χ0v) is 13.0. The number of aliphatic imine (C=N–C) groups is 1. The largest absolute Gasteiger partial charge is 0.325 e. The van der Waals surface area contributed by atoms with Gasteiger partial charge in [0.25, 0.3) is 0 Å². The summed E-state index contributed by atoms with van der Waals surface area (Å²) in [4.78, 5) is 15.5. The molecule has 0 aliphatic rings. The second-order valence-electron chi connectivity index (χ2n) is 2.37. The molecule has 1 aromatic carbocycles. The van der Waals surface area contributed by atoms with E-state index >= 15 is 0 Å². The summed E-state index contributed by atoms with van der Waals surface area (Å²) in [6, 6.07) is 9.89. The van der Waals surface area contributed by atoms with Crippen molar-refractivity contribution in [3.8, 4) is 0 Å². The molecule has 0 aliphatic heterocycles. The SMILES string of the molecule is CSC(=NC(=O)c1[c-]cccc1)SC.[W]. The topological polar surface area (TPSA) is 29.4 Å². The maximum absolute atomic E-state index is 11.5. The van der Waals surface area contributed by atoms with Crippen LogP contribution in [0.2, 0.25) is 0 Å². The number of nitrogens with zero attached hydrogens (tertiary/aromatic N) is 1. The molecule has 0 heterocycles. The van der Waals surface area contributed by atoms with Crippen molar-refractivity contribution in [3.63, 3.8) is 0 Å². The molecule has 2 nitrogen and oxygen atoms in total. The third-order valence-electron chi connectivity index (χ3n) is 1.48. The number of benzene rings is 1. The molecule has 0 radical (unpaired) electrons. The molecule has 0 bridgehead atoms. The van der Waals surface area contributed by atoms with Gasteiger partial charge >= 0.3 is 0 Å². The Kier molecular flexibility index (Phi) is 8.11. The number of carbonyl (C=O) groups excluding carboxylic acids is 1. The van der Waals surface area contributed by atoms with Crippen LogP contribution >= 0.6 is 23.5 Å². The summed E-state index contributed by atoms with van der Waals surface area (Å²) in [6.07, 6.45) is 3.80. The van der Waals surface area contributed by atoms with Crippen LogP contribution in [0.4, 0.5) is 0 Å². The molecule has 0 saturated heterocycles. The minimum absolute atomic E-state index is 0. The van der Waals surface area contributed by atoms with E-state index in [1.165, 1.54) is 23.5 Å². The van der Waals surface area contributed by atoms with Gasteiger partial charge in [-0.05, 0) is 12.5 Å². The Balaban J connectivity index is 0.00000196. The standard InChI is InChI=1S/C10H10NOS2.W/c1-13-10(14-2)11-9(12)8-6-4-3-5-7-8;/h3-6H,1-2H3;/q-1;. The Hall–Kier alpha value is -0.0517. The van der Waals surface area contributed by atoms with E-state index in [4.69, 9.17) is 0 Å². The van der Waals surface area contributed by atoms with Crippen molar-refractivity contribution in [2.24, 2.45) is 4.99 Å². The molecule has 5 heteroatoms. The first kappa shape index (κ1) is 14.9. The molecule has 0 N–H and O–H groups in total. The van der Waals surface area contributed by atoms with Crippen LogP contribution < -0.4 is 0 Å². The molecule has 1 rings (SSSR count). The molecular formula is C10H10NOS2W-. The second-order valence-corrected chi connectivity index (χ2v) is 4.22. The van der Waals surface area contributed by atoms with E-state index in [2.05, 4.69) is 11.1 Å². The molecule has 0 aliphatic carbocycles. The van der Waals surface area contributed by atoms with Crippen molar-refractivity contribution in [1.82, 2.24) is 0 Å². The summed E-state index contributed by atoms with van der Waals surface area (Å²) < 4.78 is 0.771. The van der Waals surface area contributed by atoms with Crippen LogP contribution in [0.25, 0.3) is 0 Å². The van der Waals surface area contributed by atoms with Crippen LogP contribution in [0.1, 0.15) is 10.4 Å². The first-order valence-corrected chi connectivity index (χ1v) is 6.40. The van der Waals surface area contributed by atoms with Gasteiger partial charge in [-0.3, -0.25) is 0 Å².